The lowest BCUT2D eigenvalue weighted by Gasteiger charge is -2.26. The van der Waals surface area contributed by atoms with Crippen molar-refractivity contribution in [1.82, 2.24) is 5.32 Å². The highest BCUT2D eigenvalue weighted by Crippen LogP contribution is 2.30. The van der Waals surface area contributed by atoms with E-state index in [2.05, 4.69) is 18.3 Å². The fraction of sp³-hybridized carbons (Fsp3) is 0.286. The zero-order valence-electron chi connectivity index (χ0n) is 14.7. The number of aryl methyl sites for hydroxylation is 1. The second-order valence-corrected chi connectivity index (χ2v) is 6.42. The number of hydrogen-bond acceptors (Lipinski definition) is 4. The molecule has 2 aromatic carbocycles. The van der Waals surface area contributed by atoms with Crippen molar-refractivity contribution in [3.05, 3.63) is 59.9 Å². The SMILES string of the molecule is CCc1ccc2c(CC(=O)NCC3COc4ccccc4O3)coc2c1. The molecule has 3 aromatic rings. The fourth-order valence-electron chi connectivity index (χ4n) is 3.11. The van der Waals surface area contributed by atoms with Crippen molar-refractivity contribution in [2.24, 2.45) is 0 Å². The molecule has 0 spiro atoms. The number of ether oxygens (including phenoxy) is 2. The molecule has 4 rings (SSSR count). The molecule has 2 heterocycles. The minimum atomic E-state index is -0.193. The van der Waals surface area contributed by atoms with Gasteiger partial charge in [0.25, 0.3) is 0 Å². The molecular formula is C21H21NO4. The maximum absolute atomic E-state index is 12.3. The number of carbonyl (C=O) groups excluding carboxylic acids is 1. The minimum Gasteiger partial charge on any atom is -0.486 e. The van der Waals surface area contributed by atoms with Crippen LogP contribution in [0.4, 0.5) is 0 Å². The van der Waals surface area contributed by atoms with Crippen LogP contribution in [0.15, 0.2) is 53.1 Å². The lowest BCUT2D eigenvalue weighted by molar-refractivity contribution is -0.120. The van der Waals surface area contributed by atoms with Gasteiger partial charge in [0, 0.05) is 10.9 Å². The summed E-state index contributed by atoms with van der Waals surface area (Å²) < 4.78 is 17.1. The van der Waals surface area contributed by atoms with Crippen LogP contribution in [0, 0.1) is 0 Å². The third-order valence-corrected chi connectivity index (χ3v) is 4.57. The molecule has 1 amide bonds. The minimum absolute atomic E-state index is 0.0604. The second kappa shape index (κ2) is 7.12. The van der Waals surface area contributed by atoms with Crippen molar-refractivity contribution in [2.75, 3.05) is 13.2 Å². The quantitative estimate of drug-likeness (QED) is 0.764. The van der Waals surface area contributed by atoms with Gasteiger partial charge in [0.2, 0.25) is 5.91 Å². The average molecular weight is 351 g/mol. The van der Waals surface area contributed by atoms with Crippen LogP contribution in [0.5, 0.6) is 11.5 Å². The Kier molecular flexibility index (Phi) is 4.52. The number of hydrogen-bond donors (Lipinski definition) is 1. The molecule has 0 aliphatic carbocycles. The Hall–Kier alpha value is -2.95. The van der Waals surface area contributed by atoms with Gasteiger partial charge in [0.05, 0.1) is 19.2 Å². The molecule has 26 heavy (non-hydrogen) atoms. The highest BCUT2D eigenvalue weighted by Gasteiger charge is 2.21. The first-order chi connectivity index (χ1) is 12.7. The Labute approximate surface area is 151 Å². The number of amides is 1. The summed E-state index contributed by atoms with van der Waals surface area (Å²) in [6, 6.07) is 13.7. The van der Waals surface area contributed by atoms with Crippen molar-refractivity contribution in [3.63, 3.8) is 0 Å². The first-order valence-electron chi connectivity index (χ1n) is 8.87. The van der Waals surface area contributed by atoms with E-state index in [0.717, 1.165) is 28.7 Å². The van der Waals surface area contributed by atoms with Crippen molar-refractivity contribution >= 4 is 16.9 Å². The fourth-order valence-corrected chi connectivity index (χ4v) is 3.11. The normalized spacial score (nSPS) is 15.8. The topological polar surface area (TPSA) is 60.7 Å². The Morgan fingerprint density at radius 1 is 1.19 bits per heavy atom. The summed E-state index contributed by atoms with van der Waals surface area (Å²) in [6.45, 7) is 2.93. The number of para-hydroxylation sites is 2. The number of carbonyl (C=O) groups is 1. The maximum Gasteiger partial charge on any atom is 0.224 e. The molecule has 0 bridgehead atoms. The highest BCUT2D eigenvalue weighted by molar-refractivity contribution is 5.87. The van der Waals surface area contributed by atoms with Gasteiger partial charge < -0.3 is 19.2 Å². The molecule has 1 unspecified atom stereocenters. The Morgan fingerprint density at radius 3 is 2.88 bits per heavy atom. The largest absolute Gasteiger partial charge is 0.486 e. The second-order valence-electron chi connectivity index (χ2n) is 6.42. The molecule has 5 heteroatoms. The van der Waals surface area contributed by atoms with E-state index in [4.69, 9.17) is 13.9 Å². The number of rotatable bonds is 5. The van der Waals surface area contributed by atoms with Gasteiger partial charge >= 0.3 is 0 Å². The van der Waals surface area contributed by atoms with Crippen LogP contribution in [0.25, 0.3) is 11.0 Å². The monoisotopic (exact) mass is 351 g/mol. The standard InChI is InChI=1S/C21H21NO4/c1-2-14-7-8-17-15(12-24-20(17)9-14)10-21(23)22-11-16-13-25-18-5-3-4-6-19(18)26-16/h3-9,12,16H,2,10-11,13H2,1H3,(H,22,23). The molecule has 1 N–H and O–H groups in total. The molecule has 1 aliphatic heterocycles. The first-order valence-corrected chi connectivity index (χ1v) is 8.87. The van der Waals surface area contributed by atoms with Gasteiger partial charge in [-0.3, -0.25) is 4.79 Å². The number of nitrogens with one attached hydrogen (secondary N) is 1. The van der Waals surface area contributed by atoms with Crippen molar-refractivity contribution in [1.29, 1.82) is 0 Å². The number of furan rings is 1. The summed E-state index contributed by atoms with van der Waals surface area (Å²) in [4.78, 5) is 12.3. The maximum atomic E-state index is 12.3. The van der Waals surface area contributed by atoms with Gasteiger partial charge in [-0.15, -0.1) is 0 Å². The van der Waals surface area contributed by atoms with E-state index in [9.17, 15) is 4.79 Å². The summed E-state index contributed by atoms with van der Waals surface area (Å²) >= 11 is 0. The lowest BCUT2D eigenvalue weighted by atomic mass is 10.1. The predicted molar refractivity (Wildman–Crippen MR) is 98.7 cm³/mol. The van der Waals surface area contributed by atoms with Crippen LogP contribution >= 0.6 is 0 Å². The smallest absolute Gasteiger partial charge is 0.224 e. The van der Waals surface area contributed by atoms with Crippen LogP contribution in [0.1, 0.15) is 18.1 Å². The average Bonchev–Trinajstić information content (AvgIpc) is 3.08. The third-order valence-electron chi connectivity index (χ3n) is 4.57. The Balaban J connectivity index is 1.35. The van der Waals surface area contributed by atoms with Gasteiger partial charge in [0.15, 0.2) is 11.5 Å². The van der Waals surface area contributed by atoms with E-state index in [1.807, 2.05) is 36.4 Å². The van der Waals surface area contributed by atoms with Gasteiger partial charge in [-0.05, 0) is 30.2 Å². The molecule has 1 aromatic heterocycles. The zero-order chi connectivity index (χ0) is 17.9. The van der Waals surface area contributed by atoms with E-state index < -0.39 is 0 Å². The Bertz CT molecular complexity index is 931. The van der Waals surface area contributed by atoms with Crippen LogP contribution in [-0.4, -0.2) is 25.2 Å². The van der Waals surface area contributed by atoms with E-state index >= 15 is 0 Å². The highest BCUT2D eigenvalue weighted by atomic mass is 16.6. The summed E-state index contributed by atoms with van der Waals surface area (Å²) in [6.07, 6.45) is 2.71. The van der Waals surface area contributed by atoms with Crippen LogP contribution in [0.3, 0.4) is 0 Å². The number of fused-ring (bicyclic) bond motifs is 2. The third kappa shape index (κ3) is 3.38. The number of benzene rings is 2. The van der Waals surface area contributed by atoms with Crippen molar-refractivity contribution in [3.8, 4) is 11.5 Å². The molecule has 0 saturated carbocycles. The molecule has 1 aliphatic rings. The predicted octanol–water partition coefficient (Wildman–Crippen LogP) is 3.49. The summed E-state index contributed by atoms with van der Waals surface area (Å²) in [5, 5.41) is 3.91. The van der Waals surface area contributed by atoms with Crippen molar-refractivity contribution in [2.45, 2.75) is 25.9 Å². The molecular weight excluding hydrogens is 330 g/mol. The van der Waals surface area contributed by atoms with E-state index in [-0.39, 0.29) is 18.4 Å². The summed E-state index contributed by atoms with van der Waals surface area (Å²) in [7, 11) is 0. The molecule has 0 fully saturated rings. The Morgan fingerprint density at radius 2 is 2.04 bits per heavy atom. The van der Waals surface area contributed by atoms with Gasteiger partial charge in [0.1, 0.15) is 18.3 Å². The van der Waals surface area contributed by atoms with Gasteiger partial charge in [-0.25, -0.2) is 0 Å². The first kappa shape index (κ1) is 16.5. The van der Waals surface area contributed by atoms with Crippen LogP contribution < -0.4 is 14.8 Å². The zero-order valence-corrected chi connectivity index (χ0v) is 14.7. The van der Waals surface area contributed by atoms with Gasteiger partial charge in [-0.2, -0.15) is 0 Å². The van der Waals surface area contributed by atoms with Crippen molar-refractivity contribution < 1.29 is 18.7 Å². The van der Waals surface area contributed by atoms with E-state index in [1.165, 1.54) is 5.56 Å². The molecule has 0 saturated heterocycles. The summed E-state index contributed by atoms with van der Waals surface area (Å²) in [5.41, 5.74) is 2.94. The lowest BCUT2D eigenvalue weighted by Crippen LogP contribution is -2.41. The molecule has 134 valence electrons. The van der Waals surface area contributed by atoms with E-state index in [1.54, 1.807) is 6.26 Å². The molecule has 0 radical (unpaired) electrons. The van der Waals surface area contributed by atoms with Gasteiger partial charge in [-0.1, -0.05) is 31.2 Å². The van der Waals surface area contributed by atoms with Crippen LogP contribution in [-0.2, 0) is 17.6 Å². The van der Waals surface area contributed by atoms with Crippen LogP contribution in [0.2, 0.25) is 0 Å². The van der Waals surface area contributed by atoms with E-state index in [0.29, 0.717) is 18.9 Å². The molecule has 1 atom stereocenters. The summed E-state index contributed by atoms with van der Waals surface area (Å²) in [5.74, 6) is 1.40. The molecule has 5 nitrogen and oxygen atoms in total.